The maximum absolute atomic E-state index is 6.59. The number of hydrogen-bond donors (Lipinski definition) is 0. The van der Waals surface area contributed by atoms with Crippen molar-refractivity contribution >= 4 is 8.32 Å². The Kier molecular flexibility index (Phi) is 10.1. The van der Waals surface area contributed by atoms with E-state index in [9.17, 15) is 0 Å². The third-order valence-electron chi connectivity index (χ3n) is 8.51. The van der Waals surface area contributed by atoms with Gasteiger partial charge in [-0.15, -0.1) is 0 Å². The lowest BCUT2D eigenvalue weighted by Gasteiger charge is -2.34. The van der Waals surface area contributed by atoms with E-state index in [1.165, 1.54) is 38.9 Å². The maximum Gasteiger partial charge on any atom is 0.185 e. The Labute approximate surface area is 240 Å². The van der Waals surface area contributed by atoms with Crippen LogP contribution < -0.4 is 0 Å². The first-order chi connectivity index (χ1) is 18.5. The highest BCUT2D eigenvalue weighted by Gasteiger charge is 2.32. The van der Waals surface area contributed by atoms with E-state index in [1.807, 2.05) is 0 Å². The molecule has 0 saturated heterocycles. The minimum absolute atomic E-state index is 0.0242. The Morgan fingerprint density at radius 1 is 0.692 bits per heavy atom. The zero-order valence-corrected chi connectivity index (χ0v) is 27.2. The molecule has 2 heteroatoms. The molecule has 0 aliphatic heterocycles. The highest BCUT2D eigenvalue weighted by Crippen LogP contribution is 2.41. The third kappa shape index (κ3) is 6.94. The fourth-order valence-corrected chi connectivity index (χ4v) is 7.42. The number of rotatable bonds is 10. The van der Waals surface area contributed by atoms with E-state index in [2.05, 4.69) is 141 Å². The summed E-state index contributed by atoms with van der Waals surface area (Å²) in [6.45, 7) is 22.4. The highest BCUT2D eigenvalue weighted by atomic mass is 28.4. The zero-order valence-electron chi connectivity index (χ0n) is 26.2. The van der Waals surface area contributed by atoms with Gasteiger partial charge in [0.25, 0.3) is 0 Å². The molecule has 3 aromatic carbocycles. The SMILES string of the molecule is CCc1ccc(-c2ccc(C(CC)(CC)c3ccc(C#CC(CC)(CC)O[Si](C)(C)C)c(C)c3)cc2C)cc1. The Bertz CT molecular complexity index is 1310. The molecule has 0 saturated carbocycles. The summed E-state index contributed by atoms with van der Waals surface area (Å²) in [7, 11) is -1.71. The molecule has 3 rings (SSSR count). The van der Waals surface area contributed by atoms with Gasteiger partial charge in [-0.25, -0.2) is 0 Å². The predicted molar refractivity (Wildman–Crippen MR) is 173 cm³/mol. The molecule has 0 aliphatic rings. The number of hydrogen-bond acceptors (Lipinski definition) is 1. The van der Waals surface area contributed by atoms with Crippen LogP contribution in [0.4, 0.5) is 0 Å². The Morgan fingerprint density at radius 2 is 1.26 bits per heavy atom. The molecule has 0 bridgehead atoms. The van der Waals surface area contributed by atoms with E-state index in [0.29, 0.717) is 0 Å². The number of aryl methyl sites for hydroxylation is 3. The molecule has 0 amide bonds. The monoisotopic (exact) mass is 538 g/mol. The molecule has 208 valence electrons. The first kappa shape index (κ1) is 30.9. The van der Waals surface area contributed by atoms with E-state index in [0.717, 1.165) is 37.7 Å². The fourth-order valence-electron chi connectivity index (χ4n) is 5.90. The van der Waals surface area contributed by atoms with Crippen molar-refractivity contribution in [3.8, 4) is 23.0 Å². The second kappa shape index (κ2) is 12.7. The van der Waals surface area contributed by atoms with E-state index in [4.69, 9.17) is 4.43 Å². The quantitative estimate of drug-likeness (QED) is 0.184. The van der Waals surface area contributed by atoms with Gasteiger partial charge < -0.3 is 4.43 Å². The Hall–Kier alpha value is -2.60. The molecular weight excluding hydrogens is 488 g/mol. The van der Waals surface area contributed by atoms with Crippen molar-refractivity contribution in [2.45, 2.75) is 111 Å². The van der Waals surface area contributed by atoms with Gasteiger partial charge in [-0.05, 0) is 111 Å². The van der Waals surface area contributed by atoms with Crippen LogP contribution in [0, 0.1) is 25.7 Å². The van der Waals surface area contributed by atoms with Crippen molar-refractivity contribution in [1.82, 2.24) is 0 Å². The summed E-state index contributed by atoms with van der Waals surface area (Å²) in [5.74, 6) is 7.09. The summed E-state index contributed by atoms with van der Waals surface area (Å²) in [5.41, 5.74) is 10.1. The average molecular weight is 539 g/mol. The molecule has 0 aliphatic carbocycles. The van der Waals surface area contributed by atoms with E-state index in [1.54, 1.807) is 0 Å². The zero-order chi connectivity index (χ0) is 28.8. The molecule has 0 aromatic heterocycles. The molecule has 1 nitrogen and oxygen atoms in total. The van der Waals surface area contributed by atoms with E-state index in [-0.39, 0.29) is 11.0 Å². The van der Waals surface area contributed by atoms with Gasteiger partial charge in [0.1, 0.15) is 5.60 Å². The van der Waals surface area contributed by atoms with Gasteiger partial charge in [0.2, 0.25) is 0 Å². The minimum atomic E-state index is -1.71. The van der Waals surface area contributed by atoms with Crippen molar-refractivity contribution in [2.75, 3.05) is 0 Å². The topological polar surface area (TPSA) is 9.23 Å². The first-order valence-corrected chi connectivity index (χ1v) is 18.4. The molecular formula is C37H50OSi. The molecule has 3 aromatic rings. The smallest absolute Gasteiger partial charge is 0.185 e. The van der Waals surface area contributed by atoms with Crippen LogP contribution in [0.25, 0.3) is 11.1 Å². The number of benzene rings is 3. The maximum atomic E-state index is 6.59. The highest BCUT2D eigenvalue weighted by molar-refractivity contribution is 6.69. The van der Waals surface area contributed by atoms with Crippen LogP contribution in [0.2, 0.25) is 19.6 Å². The lowest BCUT2D eigenvalue weighted by atomic mass is 9.69. The van der Waals surface area contributed by atoms with Gasteiger partial charge in [0.15, 0.2) is 8.32 Å². The van der Waals surface area contributed by atoms with Crippen LogP contribution in [0.5, 0.6) is 0 Å². The fraction of sp³-hybridized carbons (Fsp3) is 0.459. The van der Waals surface area contributed by atoms with Crippen molar-refractivity contribution < 1.29 is 4.43 Å². The summed E-state index contributed by atoms with van der Waals surface area (Å²) in [5, 5.41) is 0. The second-order valence-electron chi connectivity index (χ2n) is 12.1. The first-order valence-electron chi connectivity index (χ1n) is 15.0. The lowest BCUT2D eigenvalue weighted by Crippen LogP contribution is -2.41. The molecule has 39 heavy (non-hydrogen) atoms. The van der Waals surface area contributed by atoms with Crippen LogP contribution >= 0.6 is 0 Å². The molecule has 0 atom stereocenters. The van der Waals surface area contributed by atoms with Crippen LogP contribution in [-0.2, 0) is 16.3 Å². The lowest BCUT2D eigenvalue weighted by molar-refractivity contribution is 0.113. The van der Waals surface area contributed by atoms with Crippen molar-refractivity contribution in [2.24, 2.45) is 0 Å². The van der Waals surface area contributed by atoms with E-state index < -0.39 is 8.32 Å². The molecule has 0 fully saturated rings. The van der Waals surface area contributed by atoms with Gasteiger partial charge in [-0.3, -0.25) is 0 Å². The molecule has 0 heterocycles. The largest absolute Gasteiger partial charge is 0.402 e. The van der Waals surface area contributed by atoms with Gasteiger partial charge in [-0.2, -0.15) is 0 Å². The van der Waals surface area contributed by atoms with Crippen molar-refractivity contribution in [1.29, 1.82) is 0 Å². The summed E-state index contributed by atoms with van der Waals surface area (Å²) in [6, 6.07) is 23.1. The Morgan fingerprint density at radius 3 is 1.72 bits per heavy atom. The summed E-state index contributed by atoms with van der Waals surface area (Å²) in [6.07, 6.45) is 4.99. The van der Waals surface area contributed by atoms with Crippen LogP contribution in [0.3, 0.4) is 0 Å². The van der Waals surface area contributed by atoms with Crippen molar-refractivity contribution in [3.63, 3.8) is 0 Å². The Balaban J connectivity index is 2.00. The molecule has 0 unspecified atom stereocenters. The normalized spacial score (nSPS) is 12.3. The van der Waals surface area contributed by atoms with E-state index >= 15 is 0 Å². The standard InChI is InChI=1S/C37H50OSi/c1-11-30-16-18-32(19-17-30)35-23-22-34(27-29(35)7)37(14-4,15-5)33-21-20-31(28(6)26-33)24-25-36(12-2,13-3)38-39(8,9)10/h16-23,26-27H,11-15H2,1-10H3. The summed E-state index contributed by atoms with van der Waals surface area (Å²) in [4.78, 5) is 0. The van der Waals surface area contributed by atoms with Crippen molar-refractivity contribution in [3.05, 3.63) is 94.0 Å². The van der Waals surface area contributed by atoms with Gasteiger partial charge in [0.05, 0.1) is 0 Å². The van der Waals surface area contributed by atoms with Gasteiger partial charge >= 0.3 is 0 Å². The second-order valence-corrected chi connectivity index (χ2v) is 16.5. The summed E-state index contributed by atoms with van der Waals surface area (Å²) < 4.78 is 6.59. The molecule has 0 N–H and O–H groups in total. The molecule has 0 radical (unpaired) electrons. The minimum Gasteiger partial charge on any atom is -0.402 e. The molecule has 0 spiro atoms. The van der Waals surface area contributed by atoms with Crippen LogP contribution in [0.1, 0.15) is 93.7 Å². The van der Waals surface area contributed by atoms with Crippen LogP contribution in [-0.4, -0.2) is 13.9 Å². The third-order valence-corrected chi connectivity index (χ3v) is 9.51. The van der Waals surface area contributed by atoms with Gasteiger partial charge in [0, 0.05) is 11.0 Å². The average Bonchev–Trinajstić information content (AvgIpc) is 2.92. The van der Waals surface area contributed by atoms with Gasteiger partial charge in [-0.1, -0.05) is 101 Å². The predicted octanol–water partition coefficient (Wildman–Crippen LogP) is 10.4. The summed E-state index contributed by atoms with van der Waals surface area (Å²) >= 11 is 0. The van der Waals surface area contributed by atoms with Crippen LogP contribution in [0.15, 0.2) is 60.7 Å².